The fourth-order valence-corrected chi connectivity index (χ4v) is 4.63. The van der Waals surface area contributed by atoms with Crippen molar-refractivity contribution in [2.45, 2.75) is 31.2 Å². The summed E-state index contributed by atoms with van der Waals surface area (Å²) < 4.78 is 0. The average Bonchev–Trinajstić information content (AvgIpc) is 3.43. The van der Waals surface area contributed by atoms with Crippen molar-refractivity contribution in [1.29, 1.82) is 0 Å². The van der Waals surface area contributed by atoms with Crippen LogP contribution < -0.4 is 4.90 Å². The number of para-hydroxylation sites is 1. The molecule has 0 aliphatic heterocycles. The molecule has 0 aliphatic carbocycles. The van der Waals surface area contributed by atoms with Crippen LogP contribution in [0.4, 0.5) is 10.8 Å². The lowest BCUT2D eigenvalue weighted by Crippen LogP contribution is -2.22. The molecule has 0 aliphatic rings. The number of hydrogen-bond acceptors (Lipinski definition) is 6. The van der Waals surface area contributed by atoms with Crippen LogP contribution in [0.15, 0.2) is 65.1 Å². The number of hydrogen-bond donors (Lipinski definition) is 1. The van der Waals surface area contributed by atoms with Gasteiger partial charge >= 0.3 is 0 Å². The molecule has 1 N–H and O–H groups in total. The van der Waals surface area contributed by atoms with Crippen molar-refractivity contribution in [1.82, 2.24) is 20.2 Å². The van der Waals surface area contributed by atoms with Gasteiger partial charge in [-0.2, -0.15) is 0 Å². The standard InChI is InChI=1S/C22H21N5OS2/c1-3-16-9-11-17(12-10-16)20-24-21(26-25-20)29-13-18-14-30-22(23-18)27(15(2)28)19-7-5-4-6-8-19/h4-12,14H,3,13H2,1-2H3,(H,24,25,26). The number of aryl methyl sites for hydroxylation is 1. The highest BCUT2D eigenvalue weighted by Gasteiger charge is 2.18. The number of aromatic nitrogens is 4. The molecule has 0 radical (unpaired) electrons. The van der Waals surface area contributed by atoms with E-state index in [4.69, 9.17) is 0 Å². The van der Waals surface area contributed by atoms with Crippen LogP contribution in [-0.4, -0.2) is 26.1 Å². The molecule has 30 heavy (non-hydrogen) atoms. The molecule has 152 valence electrons. The molecular weight excluding hydrogens is 414 g/mol. The summed E-state index contributed by atoms with van der Waals surface area (Å²) in [6.07, 6.45) is 1.01. The number of carbonyl (C=O) groups is 1. The minimum atomic E-state index is -0.0672. The van der Waals surface area contributed by atoms with E-state index in [1.807, 2.05) is 35.7 Å². The van der Waals surface area contributed by atoms with E-state index in [-0.39, 0.29) is 5.91 Å². The van der Waals surface area contributed by atoms with Crippen molar-refractivity contribution in [2.24, 2.45) is 0 Å². The SMILES string of the molecule is CCc1ccc(-c2nc(SCc3csc(N(C(C)=O)c4ccccc4)n3)n[nH]2)cc1. The van der Waals surface area contributed by atoms with E-state index in [9.17, 15) is 4.79 Å². The average molecular weight is 436 g/mol. The largest absolute Gasteiger partial charge is 0.274 e. The normalized spacial score (nSPS) is 10.9. The van der Waals surface area contributed by atoms with Gasteiger partial charge < -0.3 is 0 Å². The number of aromatic amines is 1. The fourth-order valence-electron chi connectivity index (χ4n) is 2.95. The Kier molecular flexibility index (Phi) is 6.25. The topological polar surface area (TPSA) is 74.8 Å². The van der Waals surface area contributed by atoms with E-state index >= 15 is 0 Å². The predicted octanol–water partition coefficient (Wildman–Crippen LogP) is 5.47. The van der Waals surface area contributed by atoms with E-state index < -0.39 is 0 Å². The molecule has 2 aromatic heterocycles. The summed E-state index contributed by atoms with van der Waals surface area (Å²) in [6, 6.07) is 17.9. The molecule has 1 amide bonds. The van der Waals surface area contributed by atoms with Crippen molar-refractivity contribution < 1.29 is 4.79 Å². The lowest BCUT2D eigenvalue weighted by atomic mass is 10.1. The van der Waals surface area contributed by atoms with E-state index in [1.165, 1.54) is 28.7 Å². The second-order valence-electron chi connectivity index (χ2n) is 6.62. The number of nitrogens with one attached hydrogen (secondary N) is 1. The predicted molar refractivity (Wildman–Crippen MR) is 122 cm³/mol. The minimum absolute atomic E-state index is 0.0672. The third-order valence-corrected chi connectivity index (χ3v) is 6.27. The molecule has 0 atom stereocenters. The van der Waals surface area contributed by atoms with Gasteiger partial charge in [-0.05, 0) is 24.1 Å². The highest BCUT2D eigenvalue weighted by molar-refractivity contribution is 7.98. The molecule has 8 heteroatoms. The Morgan fingerprint density at radius 3 is 2.57 bits per heavy atom. The summed E-state index contributed by atoms with van der Waals surface area (Å²) in [7, 11) is 0. The Labute approximate surface area is 183 Å². The molecule has 4 rings (SSSR count). The number of rotatable bonds is 7. The number of benzene rings is 2. The summed E-state index contributed by atoms with van der Waals surface area (Å²) >= 11 is 2.97. The van der Waals surface area contributed by atoms with Crippen LogP contribution in [-0.2, 0) is 17.0 Å². The third kappa shape index (κ3) is 4.60. The number of H-pyrrole nitrogens is 1. The van der Waals surface area contributed by atoms with Gasteiger partial charge in [0.05, 0.1) is 11.4 Å². The van der Waals surface area contributed by atoms with Gasteiger partial charge in [-0.25, -0.2) is 9.97 Å². The van der Waals surface area contributed by atoms with Crippen LogP contribution in [0.3, 0.4) is 0 Å². The Hall–Kier alpha value is -2.97. The number of amides is 1. The van der Waals surface area contributed by atoms with Gasteiger partial charge in [-0.3, -0.25) is 14.8 Å². The van der Waals surface area contributed by atoms with Crippen LogP contribution in [0.25, 0.3) is 11.4 Å². The van der Waals surface area contributed by atoms with Crippen LogP contribution in [0.2, 0.25) is 0 Å². The van der Waals surface area contributed by atoms with E-state index in [2.05, 4.69) is 51.4 Å². The fraction of sp³-hybridized carbons (Fsp3) is 0.182. The van der Waals surface area contributed by atoms with Gasteiger partial charge in [-0.1, -0.05) is 61.2 Å². The first-order valence-corrected chi connectivity index (χ1v) is 11.4. The zero-order valence-electron chi connectivity index (χ0n) is 16.7. The maximum absolute atomic E-state index is 12.2. The summed E-state index contributed by atoms with van der Waals surface area (Å²) in [6.45, 7) is 3.68. The highest BCUT2D eigenvalue weighted by Crippen LogP contribution is 2.31. The lowest BCUT2D eigenvalue weighted by Gasteiger charge is -2.17. The molecule has 2 heterocycles. The molecule has 0 spiro atoms. The summed E-state index contributed by atoms with van der Waals surface area (Å²) in [4.78, 5) is 23.0. The Bertz CT molecular complexity index is 1120. The Balaban J connectivity index is 1.43. The molecule has 0 saturated carbocycles. The number of thiazole rings is 1. The number of anilines is 2. The van der Waals surface area contributed by atoms with Gasteiger partial charge in [0, 0.05) is 23.6 Å². The smallest absolute Gasteiger partial charge is 0.230 e. The van der Waals surface area contributed by atoms with Crippen molar-refractivity contribution in [3.8, 4) is 11.4 Å². The maximum Gasteiger partial charge on any atom is 0.230 e. The first-order valence-electron chi connectivity index (χ1n) is 9.58. The Morgan fingerprint density at radius 1 is 1.10 bits per heavy atom. The second-order valence-corrected chi connectivity index (χ2v) is 8.40. The van der Waals surface area contributed by atoms with E-state index in [1.54, 1.807) is 11.8 Å². The van der Waals surface area contributed by atoms with Gasteiger partial charge in [0.15, 0.2) is 11.0 Å². The van der Waals surface area contributed by atoms with Gasteiger partial charge in [-0.15, -0.1) is 16.4 Å². The number of carbonyl (C=O) groups excluding carboxylic acids is 1. The summed E-state index contributed by atoms with van der Waals surface area (Å²) in [5.41, 5.74) is 4.01. The van der Waals surface area contributed by atoms with E-state index in [0.29, 0.717) is 16.0 Å². The van der Waals surface area contributed by atoms with Crippen molar-refractivity contribution in [3.05, 3.63) is 71.2 Å². The maximum atomic E-state index is 12.2. The van der Waals surface area contributed by atoms with Crippen molar-refractivity contribution in [3.63, 3.8) is 0 Å². The summed E-state index contributed by atoms with van der Waals surface area (Å²) in [5, 5.41) is 10.6. The van der Waals surface area contributed by atoms with Crippen LogP contribution in [0, 0.1) is 0 Å². The first kappa shape index (κ1) is 20.3. The van der Waals surface area contributed by atoms with Crippen molar-refractivity contribution in [2.75, 3.05) is 4.90 Å². The molecule has 0 bridgehead atoms. The van der Waals surface area contributed by atoms with Crippen molar-refractivity contribution >= 4 is 39.8 Å². The third-order valence-electron chi connectivity index (χ3n) is 4.51. The molecular formula is C22H21N5OS2. The van der Waals surface area contributed by atoms with Crippen LogP contribution in [0.1, 0.15) is 25.1 Å². The molecule has 0 saturated heterocycles. The number of nitrogens with zero attached hydrogens (tertiary/aromatic N) is 4. The van der Waals surface area contributed by atoms with Gasteiger partial charge in [0.1, 0.15) is 0 Å². The minimum Gasteiger partial charge on any atom is -0.274 e. The molecule has 4 aromatic rings. The molecule has 0 unspecified atom stereocenters. The van der Waals surface area contributed by atoms with Gasteiger partial charge in [0.25, 0.3) is 0 Å². The van der Waals surface area contributed by atoms with E-state index in [0.717, 1.165) is 29.2 Å². The zero-order valence-corrected chi connectivity index (χ0v) is 18.3. The van der Waals surface area contributed by atoms with Crippen LogP contribution in [0.5, 0.6) is 0 Å². The summed E-state index contributed by atoms with van der Waals surface area (Å²) in [5.74, 6) is 1.32. The van der Waals surface area contributed by atoms with Crippen LogP contribution >= 0.6 is 23.1 Å². The molecule has 2 aromatic carbocycles. The monoisotopic (exact) mass is 435 g/mol. The Morgan fingerprint density at radius 2 is 1.87 bits per heavy atom. The van der Waals surface area contributed by atoms with Gasteiger partial charge in [0.2, 0.25) is 11.1 Å². The highest BCUT2D eigenvalue weighted by atomic mass is 32.2. The zero-order chi connectivity index (χ0) is 20.9. The quantitative estimate of drug-likeness (QED) is 0.390. The molecule has 6 nitrogen and oxygen atoms in total. The number of thioether (sulfide) groups is 1. The lowest BCUT2D eigenvalue weighted by molar-refractivity contribution is -0.115. The first-order chi connectivity index (χ1) is 14.6. The molecule has 0 fully saturated rings. The second kappa shape index (κ2) is 9.23.